The van der Waals surface area contributed by atoms with Gasteiger partial charge in [-0.25, -0.2) is 4.79 Å². The van der Waals surface area contributed by atoms with Gasteiger partial charge in [0, 0.05) is 17.5 Å². The van der Waals surface area contributed by atoms with Gasteiger partial charge in [-0.2, -0.15) is 0 Å². The van der Waals surface area contributed by atoms with Gasteiger partial charge in [0.15, 0.2) is 6.61 Å². The molecule has 5 heteroatoms. The lowest BCUT2D eigenvalue weighted by atomic mass is 10.0. The minimum atomic E-state index is -0.514. The maximum atomic E-state index is 12.5. The van der Waals surface area contributed by atoms with Crippen molar-refractivity contribution in [3.8, 4) is 5.75 Å². The molecule has 5 nitrogen and oxygen atoms in total. The number of rotatable bonds is 6. The highest BCUT2D eigenvalue weighted by Crippen LogP contribution is 2.28. The first-order chi connectivity index (χ1) is 11.9. The van der Waals surface area contributed by atoms with Crippen LogP contribution in [0.15, 0.2) is 36.4 Å². The molecule has 0 bridgehead atoms. The van der Waals surface area contributed by atoms with Crippen molar-refractivity contribution in [2.24, 2.45) is 0 Å². The third kappa shape index (κ3) is 4.10. The average Bonchev–Trinajstić information content (AvgIpc) is 2.58. The minimum Gasteiger partial charge on any atom is -0.496 e. The fourth-order valence-electron chi connectivity index (χ4n) is 3.08. The molecule has 0 atom stereocenters. The van der Waals surface area contributed by atoms with E-state index in [0.29, 0.717) is 11.3 Å². The second-order valence-corrected chi connectivity index (χ2v) is 6.43. The number of esters is 1. The van der Waals surface area contributed by atoms with Crippen molar-refractivity contribution in [1.29, 1.82) is 0 Å². The molecule has 0 aliphatic heterocycles. The van der Waals surface area contributed by atoms with E-state index >= 15 is 0 Å². The van der Waals surface area contributed by atoms with Crippen LogP contribution < -0.4 is 4.74 Å². The number of benzene rings is 2. The summed E-state index contributed by atoms with van der Waals surface area (Å²) in [5.41, 5.74) is 0.421. The molecule has 0 saturated heterocycles. The van der Waals surface area contributed by atoms with Crippen LogP contribution in [0, 0.1) is 0 Å². The number of fused-ring (bicyclic) bond motifs is 1. The van der Waals surface area contributed by atoms with Crippen LogP contribution in [0.4, 0.5) is 0 Å². The number of amides is 1. The van der Waals surface area contributed by atoms with Crippen LogP contribution in [-0.4, -0.2) is 42.6 Å². The first-order valence-corrected chi connectivity index (χ1v) is 8.40. The van der Waals surface area contributed by atoms with Crippen LogP contribution in [0.5, 0.6) is 5.75 Å². The minimum absolute atomic E-state index is 0.0491. The number of hydrogen-bond acceptors (Lipinski definition) is 4. The largest absolute Gasteiger partial charge is 0.496 e. The van der Waals surface area contributed by atoms with Crippen molar-refractivity contribution in [3.63, 3.8) is 0 Å². The molecule has 134 valence electrons. The molecular weight excluding hydrogens is 318 g/mol. The fraction of sp³-hybridized carbons (Fsp3) is 0.400. The highest BCUT2D eigenvalue weighted by atomic mass is 16.5. The average molecular weight is 343 g/mol. The van der Waals surface area contributed by atoms with Crippen LogP contribution in [0.3, 0.4) is 0 Å². The molecule has 0 fully saturated rings. The van der Waals surface area contributed by atoms with Gasteiger partial charge in [-0.15, -0.1) is 0 Å². The van der Waals surface area contributed by atoms with Crippen molar-refractivity contribution in [2.45, 2.75) is 39.8 Å². The molecule has 0 aliphatic rings. The smallest absolute Gasteiger partial charge is 0.339 e. The molecule has 25 heavy (non-hydrogen) atoms. The van der Waals surface area contributed by atoms with Crippen molar-refractivity contribution in [2.75, 3.05) is 13.7 Å². The molecule has 0 saturated carbocycles. The summed E-state index contributed by atoms with van der Waals surface area (Å²) in [6.07, 6.45) is 0. The molecule has 0 N–H and O–H groups in total. The fourth-order valence-corrected chi connectivity index (χ4v) is 3.08. The Morgan fingerprint density at radius 2 is 1.56 bits per heavy atom. The molecule has 2 aromatic rings. The quantitative estimate of drug-likeness (QED) is 0.751. The molecule has 2 rings (SSSR count). The van der Waals surface area contributed by atoms with Crippen LogP contribution in [-0.2, 0) is 9.53 Å². The summed E-state index contributed by atoms with van der Waals surface area (Å²) in [6, 6.07) is 10.9. The van der Waals surface area contributed by atoms with E-state index in [9.17, 15) is 9.59 Å². The molecule has 0 aromatic heterocycles. The predicted octanol–water partition coefficient (Wildman–Crippen LogP) is 3.65. The standard InChI is InChI=1S/C20H25NO4/c1-13(2)21(14(3)4)19(22)12-25-20(23)17-10-11-18(24-5)16-9-7-6-8-15(16)17/h6-11,13-14H,12H2,1-5H3. The second-order valence-electron chi connectivity index (χ2n) is 6.43. The second kappa shape index (κ2) is 8.01. The van der Waals surface area contributed by atoms with Gasteiger partial charge in [-0.05, 0) is 45.2 Å². The molecule has 2 aromatic carbocycles. The summed E-state index contributed by atoms with van der Waals surface area (Å²) >= 11 is 0. The summed E-state index contributed by atoms with van der Waals surface area (Å²) in [6.45, 7) is 7.50. The zero-order chi connectivity index (χ0) is 18.6. The van der Waals surface area contributed by atoms with Gasteiger partial charge in [-0.3, -0.25) is 4.79 Å². The molecule has 0 aliphatic carbocycles. The number of methoxy groups -OCH3 is 1. The Hall–Kier alpha value is -2.56. The SMILES string of the molecule is COc1ccc(C(=O)OCC(=O)N(C(C)C)C(C)C)c2ccccc12. The Balaban J connectivity index is 2.19. The van der Waals surface area contributed by atoms with Gasteiger partial charge < -0.3 is 14.4 Å². The van der Waals surface area contributed by atoms with E-state index in [0.717, 1.165) is 10.8 Å². The van der Waals surface area contributed by atoms with Crippen LogP contribution in [0.2, 0.25) is 0 Å². The maximum absolute atomic E-state index is 12.5. The predicted molar refractivity (Wildman–Crippen MR) is 97.9 cm³/mol. The first-order valence-electron chi connectivity index (χ1n) is 8.40. The zero-order valence-electron chi connectivity index (χ0n) is 15.4. The van der Waals surface area contributed by atoms with Crippen molar-refractivity contribution < 1.29 is 19.1 Å². The summed E-state index contributed by atoms with van der Waals surface area (Å²) < 4.78 is 10.6. The highest BCUT2D eigenvalue weighted by molar-refractivity contribution is 6.06. The van der Waals surface area contributed by atoms with Crippen LogP contribution in [0.25, 0.3) is 10.8 Å². The Morgan fingerprint density at radius 3 is 2.12 bits per heavy atom. The summed E-state index contributed by atoms with van der Waals surface area (Å²) in [7, 11) is 1.59. The van der Waals surface area contributed by atoms with E-state index in [-0.39, 0.29) is 24.6 Å². The van der Waals surface area contributed by atoms with Gasteiger partial charge >= 0.3 is 5.97 Å². The lowest BCUT2D eigenvalue weighted by Crippen LogP contribution is -2.44. The molecular formula is C20H25NO4. The molecule has 0 radical (unpaired) electrons. The Labute approximate surface area is 148 Å². The zero-order valence-corrected chi connectivity index (χ0v) is 15.4. The Kier molecular flexibility index (Phi) is 6.02. The third-order valence-electron chi connectivity index (χ3n) is 4.05. The van der Waals surface area contributed by atoms with Crippen molar-refractivity contribution in [3.05, 3.63) is 42.0 Å². The van der Waals surface area contributed by atoms with Gasteiger partial charge in [0.1, 0.15) is 5.75 Å². The van der Waals surface area contributed by atoms with E-state index in [4.69, 9.17) is 9.47 Å². The van der Waals surface area contributed by atoms with E-state index < -0.39 is 5.97 Å². The van der Waals surface area contributed by atoms with Crippen molar-refractivity contribution in [1.82, 2.24) is 4.90 Å². The van der Waals surface area contributed by atoms with Gasteiger partial charge in [0.2, 0.25) is 0 Å². The normalized spacial score (nSPS) is 11.0. The molecule has 0 heterocycles. The van der Waals surface area contributed by atoms with Gasteiger partial charge in [-0.1, -0.05) is 24.3 Å². The lowest BCUT2D eigenvalue weighted by Gasteiger charge is -2.30. The van der Waals surface area contributed by atoms with Crippen LogP contribution >= 0.6 is 0 Å². The monoisotopic (exact) mass is 343 g/mol. The van der Waals surface area contributed by atoms with E-state index in [2.05, 4.69) is 0 Å². The van der Waals surface area contributed by atoms with Gasteiger partial charge in [0.05, 0.1) is 12.7 Å². The highest BCUT2D eigenvalue weighted by Gasteiger charge is 2.22. The Morgan fingerprint density at radius 1 is 0.960 bits per heavy atom. The maximum Gasteiger partial charge on any atom is 0.339 e. The summed E-state index contributed by atoms with van der Waals surface area (Å²) in [4.78, 5) is 26.6. The first kappa shape index (κ1) is 18.8. The number of carbonyl (C=O) groups excluding carboxylic acids is 2. The third-order valence-corrected chi connectivity index (χ3v) is 4.05. The molecule has 0 spiro atoms. The lowest BCUT2D eigenvalue weighted by molar-refractivity contribution is -0.138. The summed E-state index contributed by atoms with van der Waals surface area (Å²) in [5.74, 6) is -0.0233. The number of hydrogen-bond donors (Lipinski definition) is 0. The summed E-state index contributed by atoms with van der Waals surface area (Å²) in [5, 5.41) is 1.57. The number of carbonyl (C=O) groups is 2. The molecule has 0 unspecified atom stereocenters. The topological polar surface area (TPSA) is 55.8 Å². The van der Waals surface area contributed by atoms with E-state index in [1.54, 1.807) is 24.1 Å². The molecule has 1 amide bonds. The van der Waals surface area contributed by atoms with E-state index in [1.165, 1.54) is 0 Å². The Bertz CT molecular complexity index is 759. The number of nitrogens with zero attached hydrogens (tertiary/aromatic N) is 1. The van der Waals surface area contributed by atoms with Crippen molar-refractivity contribution >= 4 is 22.6 Å². The van der Waals surface area contributed by atoms with Crippen LogP contribution in [0.1, 0.15) is 38.1 Å². The van der Waals surface area contributed by atoms with E-state index in [1.807, 2.05) is 52.0 Å². The van der Waals surface area contributed by atoms with Gasteiger partial charge in [0.25, 0.3) is 5.91 Å². The number of ether oxygens (including phenoxy) is 2.